The first-order chi connectivity index (χ1) is 8.69. The van der Waals surface area contributed by atoms with Gasteiger partial charge in [0.1, 0.15) is 5.82 Å². The highest BCUT2D eigenvalue weighted by atomic mass is 79.9. The molecule has 4 nitrogen and oxygen atoms in total. The number of hydrogen-bond donors (Lipinski definition) is 0. The molecule has 0 spiro atoms. The third-order valence-corrected chi connectivity index (χ3v) is 3.49. The molecular weight excluding hydrogens is 316 g/mol. The number of imidazole rings is 1. The fourth-order valence-electron chi connectivity index (χ4n) is 2.00. The number of benzene rings is 1. The van der Waals surface area contributed by atoms with Gasteiger partial charge in [-0.2, -0.15) is 5.10 Å². The van der Waals surface area contributed by atoms with Crippen molar-refractivity contribution in [3.63, 3.8) is 0 Å². The van der Waals surface area contributed by atoms with Crippen molar-refractivity contribution in [2.75, 3.05) is 0 Å². The van der Waals surface area contributed by atoms with Gasteiger partial charge in [-0.25, -0.2) is 4.98 Å². The van der Waals surface area contributed by atoms with Crippen molar-refractivity contribution in [3.8, 4) is 5.69 Å². The van der Waals surface area contributed by atoms with Gasteiger partial charge in [-0.1, -0.05) is 15.9 Å². The summed E-state index contributed by atoms with van der Waals surface area (Å²) in [6.45, 7) is 0. The lowest BCUT2D eigenvalue weighted by Crippen LogP contribution is -1.98. The van der Waals surface area contributed by atoms with Gasteiger partial charge < -0.3 is 0 Å². The van der Waals surface area contributed by atoms with E-state index in [-0.39, 0.29) is 0 Å². The van der Waals surface area contributed by atoms with Crippen LogP contribution in [-0.4, -0.2) is 19.3 Å². The Kier molecular flexibility index (Phi) is 2.87. The molecule has 2 aromatic heterocycles. The average Bonchev–Trinajstić information content (AvgIpc) is 2.91. The molecule has 0 atom stereocenters. The summed E-state index contributed by atoms with van der Waals surface area (Å²) in [6, 6.07) is 5.98. The molecule has 18 heavy (non-hydrogen) atoms. The normalized spacial score (nSPS) is 11.3. The zero-order valence-corrected chi connectivity index (χ0v) is 12.0. The summed E-state index contributed by atoms with van der Waals surface area (Å²) in [5, 5.41) is 4.19. The van der Waals surface area contributed by atoms with E-state index in [1.54, 1.807) is 10.9 Å². The van der Waals surface area contributed by atoms with Gasteiger partial charge in [0.2, 0.25) is 0 Å². The molecule has 0 amide bonds. The minimum Gasteiger partial charge on any atom is -0.292 e. The van der Waals surface area contributed by atoms with Gasteiger partial charge in [-0.05, 0) is 18.2 Å². The van der Waals surface area contributed by atoms with Crippen LogP contribution in [0.25, 0.3) is 16.7 Å². The SMILES string of the molecule is Cn1cc(-n2c(CCl)nc3ccc(Br)cc32)cn1. The van der Waals surface area contributed by atoms with E-state index < -0.39 is 0 Å². The lowest BCUT2D eigenvalue weighted by atomic mass is 10.3. The largest absolute Gasteiger partial charge is 0.292 e. The maximum Gasteiger partial charge on any atom is 0.129 e. The fraction of sp³-hybridized carbons (Fsp3) is 0.167. The van der Waals surface area contributed by atoms with Crippen molar-refractivity contribution in [3.05, 3.63) is 40.9 Å². The van der Waals surface area contributed by atoms with Crippen LogP contribution in [0.5, 0.6) is 0 Å². The second kappa shape index (κ2) is 4.40. The number of aromatic nitrogens is 4. The monoisotopic (exact) mass is 324 g/mol. The van der Waals surface area contributed by atoms with Gasteiger partial charge in [-0.15, -0.1) is 11.6 Å². The molecule has 0 saturated carbocycles. The molecule has 6 heteroatoms. The number of alkyl halides is 1. The van der Waals surface area contributed by atoms with Gasteiger partial charge in [0, 0.05) is 17.7 Å². The second-order valence-electron chi connectivity index (χ2n) is 4.00. The molecule has 92 valence electrons. The van der Waals surface area contributed by atoms with Gasteiger partial charge in [0.25, 0.3) is 0 Å². The zero-order chi connectivity index (χ0) is 12.7. The molecule has 0 aliphatic rings. The quantitative estimate of drug-likeness (QED) is 0.678. The Morgan fingerprint density at radius 1 is 1.39 bits per heavy atom. The van der Waals surface area contributed by atoms with Crippen LogP contribution in [0.4, 0.5) is 0 Å². The van der Waals surface area contributed by atoms with Crippen molar-refractivity contribution < 1.29 is 0 Å². The Morgan fingerprint density at radius 3 is 2.89 bits per heavy atom. The summed E-state index contributed by atoms with van der Waals surface area (Å²) >= 11 is 9.46. The molecule has 0 aliphatic carbocycles. The summed E-state index contributed by atoms with van der Waals surface area (Å²) in [7, 11) is 1.89. The van der Waals surface area contributed by atoms with Crippen LogP contribution in [0.2, 0.25) is 0 Å². The average molecular weight is 326 g/mol. The third-order valence-electron chi connectivity index (χ3n) is 2.75. The molecule has 3 aromatic rings. The van der Waals surface area contributed by atoms with Crippen LogP contribution in [0.1, 0.15) is 5.82 Å². The highest BCUT2D eigenvalue weighted by Gasteiger charge is 2.13. The molecule has 0 N–H and O–H groups in total. The number of fused-ring (bicyclic) bond motifs is 1. The third kappa shape index (κ3) is 1.83. The van der Waals surface area contributed by atoms with E-state index in [4.69, 9.17) is 11.6 Å². The summed E-state index contributed by atoms with van der Waals surface area (Å²) in [4.78, 5) is 4.53. The maximum atomic E-state index is 5.98. The highest BCUT2D eigenvalue weighted by Crippen LogP contribution is 2.25. The van der Waals surface area contributed by atoms with Crippen LogP contribution < -0.4 is 0 Å². The first-order valence-corrected chi connectivity index (χ1v) is 6.73. The summed E-state index contributed by atoms with van der Waals surface area (Å²) < 4.78 is 4.80. The van der Waals surface area contributed by atoms with E-state index in [2.05, 4.69) is 26.0 Å². The van der Waals surface area contributed by atoms with Crippen LogP contribution in [0.15, 0.2) is 35.1 Å². The van der Waals surface area contributed by atoms with E-state index >= 15 is 0 Å². The molecule has 0 fully saturated rings. The van der Waals surface area contributed by atoms with E-state index in [9.17, 15) is 0 Å². The molecule has 0 radical (unpaired) electrons. The second-order valence-corrected chi connectivity index (χ2v) is 5.19. The minimum absolute atomic E-state index is 0.362. The standard InChI is InChI=1S/C12H10BrClN4/c1-17-7-9(6-15-17)18-11-4-8(13)2-3-10(11)16-12(18)5-14/h2-4,6-7H,5H2,1H3. The van der Waals surface area contributed by atoms with Gasteiger partial charge in [-0.3, -0.25) is 9.25 Å². The molecule has 3 rings (SSSR count). The van der Waals surface area contributed by atoms with Gasteiger partial charge in [0.05, 0.1) is 28.8 Å². The molecule has 0 aliphatic heterocycles. The van der Waals surface area contributed by atoms with Gasteiger partial charge >= 0.3 is 0 Å². The van der Waals surface area contributed by atoms with E-state index in [1.807, 2.05) is 36.0 Å². The Hall–Kier alpha value is -1.33. The topological polar surface area (TPSA) is 35.6 Å². The van der Waals surface area contributed by atoms with Crippen molar-refractivity contribution in [2.45, 2.75) is 5.88 Å². The number of nitrogens with zero attached hydrogens (tertiary/aromatic N) is 4. The lowest BCUT2D eigenvalue weighted by molar-refractivity contribution is 0.767. The molecule has 0 unspecified atom stereocenters. The minimum atomic E-state index is 0.362. The number of aryl methyl sites for hydroxylation is 1. The first-order valence-electron chi connectivity index (χ1n) is 5.41. The van der Waals surface area contributed by atoms with Gasteiger partial charge in [0.15, 0.2) is 0 Å². The molecule has 1 aromatic carbocycles. The predicted molar refractivity (Wildman–Crippen MR) is 75.1 cm³/mol. The van der Waals surface area contributed by atoms with Crippen LogP contribution in [0.3, 0.4) is 0 Å². The number of hydrogen-bond acceptors (Lipinski definition) is 2. The Bertz CT molecular complexity index is 716. The van der Waals surface area contributed by atoms with Crippen LogP contribution >= 0.6 is 27.5 Å². The first kappa shape index (κ1) is 11.7. The van der Waals surface area contributed by atoms with Crippen molar-refractivity contribution >= 4 is 38.6 Å². The van der Waals surface area contributed by atoms with E-state index in [0.29, 0.717) is 5.88 Å². The summed E-state index contributed by atoms with van der Waals surface area (Å²) in [6.07, 6.45) is 3.75. The smallest absolute Gasteiger partial charge is 0.129 e. The molecule has 0 bridgehead atoms. The predicted octanol–water partition coefficient (Wildman–Crippen LogP) is 3.26. The fourth-order valence-corrected chi connectivity index (χ4v) is 2.53. The van der Waals surface area contributed by atoms with Crippen molar-refractivity contribution in [1.82, 2.24) is 19.3 Å². The lowest BCUT2D eigenvalue weighted by Gasteiger charge is -2.04. The number of halogens is 2. The molecular formula is C12H10BrClN4. The summed E-state index contributed by atoms with van der Waals surface area (Å²) in [5.74, 6) is 1.18. The van der Waals surface area contributed by atoms with E-state index in [1.165, 1.54) is 0 Å². The van der Waals surface area contributed by atoms with E-state index in [0.717, 1.165) is 27.0 Å². The van der Waals surface area contributed by atoms with Crippen LogP contribution in [0, 0.1) is 0 Å². The summed E-state index contributed by atoms with van der Waals surface area (Å²) in [5.41, 5.74) is 2.92. The number of rotatable bonds is 2. The van der Waals surface area contributed by atoms with Crippen LogP contribution in [-0.2, 0) is 12.9 Å². The highest BCUT2D eigenvalue weighted by molar-refractivity contribution is 9.10. The molecule has 2 heterocycles. The Labute approximate surface area is 117 Å². The van der Waals surface area contributed by atoms with Crippen molar-refractivity contribution in [1.29, 1.82) is 0 Å². The maximum absolute atomic E-state index is 5.98. The Morgan fingerprint density at radius 2 is 2.22 bits per heavy atom. The Balaban J connectivity index is 2.34. The molecule has 0 saturated heterocycles. The van der Waals surface area contributed by atoms with Crippen molar-refractivity contribution in [2.24, 2.45) is 7.05 Å². The zero-order valence-electron chi connectivity index (χ0n) is 9.64.